The predicted molar refractivity (Wildman–Crippen MR) is 105 cm³/mol. The molecule has 1 aromatic heterocycles. The fourth-order valence-electron chi connectivity index (χ4n) is 2.57. The van der Waals surface area contributed by atoms with Gasteiger partial charge in [0.05, 0.1) is 18.9 Å². The van der Waals surface area contributed by atoms with Crippen molar-refractivity contribution in [2.24, 2.45) is 16.0 Å². The van der Waals surface area contributed by atoms with Gasteiger partial charge in [0, 0.05) is 25.2 Å². The van der Waals surface area contributed by atoms with Gasteiger partial charge in [-0.3, -0.25) is 4.79 Å². The van der Waals surface area contributed by atoms with E-state index in [4.69, 9.17) is 15.2 Å². The normalized spacial score (nSPS) is 14.3. The van der Waals surface area contributed by atoms with E-state index in [9.17, 15) is 4.79 Å². The molecule has 11 nitrogen and oxygen atoms in total. The molecule has 0 unspecified atom stereocenters. The van der Waals surface area contributed by atoms with Crippen LogP contribution in [0.25, 0.3) is 0 Å². The molecule has 0 bridgehead atoms. The molecule has 1 saturated heterocycles. The Morgan fingerprint density at radius 1 is 1.31 bits per heavy atom. The molecule has 2 heterocycles. The van der Waals surface area contributed by atoms with Crippen molar-refractivity contribution in [3.8, 4) is 6.01 Å². The van der Waals surface area contributed by atoms with Crippen molar-refractivity contribution in [1.82, 2.24) is 20.3 Å². The zero-order valence-electron chi connectivity index (χ0n) is 16.2. The molecule has 1 amide bonds. The van der Waals surface area contributed by atoms with E-state index in [2.05, 4.69) is 30.5 Å². The lowest BCUT2D eigenvalue weighted by Crippen LogP contribution is -2.37. The highest BCUT2D eigenvalue weighted by atomic mass is 16.5. The van der Waals surface area contributed by atoms with Gasteiger partial charge in [-0.2, -0.15) is 25.2 Å². The van der Waals surface area contributed by atoms with Gasteiger partial charge in [-0.15, -0.1) is 0 Å². The fraction of sp³-hybridized carbons (Fsp3) is 0.444. The molecule has 0 atom stereocenters. The molecule has 3 N–H and O–H groups in total. The second-order valence-electron chi connectivity index (χ2n) is 6.20. The summed E-state index contributed by atoms with van der Waals surface area (Å²) in [6.45, 7) is 3.87. The number of nitrogens with two attached hydrogens (primary N) is 1. The van der Waals surface area contributed by atoms with E-state index in [1.54, 1.807) is 24.3 Å². The van der Waals surface area contributed by atoms with E-state index in [1.165, 1.54) is 0 Å². The average molecular weight is 400 g/mol. The number of carbonyl (C=O) groups excluding carboxylic acids is 1. The van der Waals surface area contributed by atoms with Gasteiger partial charge in [0.15, 0.2) is 5.82 Å². The van der Waals surface area contributed by atoms with Crippen molar-refractivity contribution in [3.63, 3.8) is 0 Å². The number of nitrogens with zero attached hydrogens (tertiary/aromatic N) is 6. The SMILES string of the molecule is CNCCOc1nc(CN=Nc2cccc(C(N)=O)c2)nc(N2CCOCC2)n1. The number of azo groups is 1. The largest absolute Gasteiger partial charge is 0.462 e. The van der Waals surface area contributed by atoms with Crippen molar-refractivity contribution in [2.45, 2.75) is 6.54 Å². The number of morpholine rings is 1. The molecule has 2 aromatic rings. The van der Waals surface area contributed by atoms with Crippen LogP contribution in [-0.2, 0) is 11.3 Å². The zero-order valence-corrected chi connectivity index (χ0v) is 16.2. The number of hydrogen-bond donors (Lipinski definition) is 2. The minimum absolute atomic E-state index is 0.142. The van der Waals surface area contributed by atoms with Crippen LogP contribution in [0.5, 0.6) is 6.01 Å². The third-order valence-electron chi connectivity index (χ3n) is 4.06. The number of anilines is 1. The molecule has 1 fully saturated rings. The number of benzene rings is 1. The first-order valence-electron chi connectivity index (χ1n) is 9.28. The molecule has 3 rings (SSSR count). The van der Waals surface area contributed by atoms with Gasteiger partial charge in [0.25, 0.3) is 0 Å². The summed E-state index contributed by atoms with van der Waals surface area (Å²) in [6.07, 6.45) is 0. The van der Waals surface area contributed by atoms with Crippen LogP contribution < -0.4 is 20.7 Å². The van der Waals surface area contributed by atoms with Gasteiger partial charge in [0.2, 0.25) is 11.9 Å². The van der Waals surface area contributed by atoms with Crippen molar-refractivity contribution >= 4 is 17.5 Å². The average Bonchev–Trinajstić information content (AvgIpc) is 2.75. The monoisotopic (exact) mass is 400 g/mol. The topological polar surface area (TPSA) is 140 Å². The van der Waals surface area contributed by atoms with Crippen molar-refractivity contribution < 1.29 is 14.3 Å². The van der Waals surface area contributed by atoms with Crippen LogP contribution in [0.2, 0.25) is 0 Å². The smallest absolute Gasteiger partial charge is 0.321 e. The molecule has 29 heavy (non-hydrogen) atoms. The van der Waals surface area contributed by atoms with E-state index in [1.807, 2.05) is 11.9 Å². The summed E-state index contributed by atoms with van der Waals surface area (Å²) in [4.78, 5) is 26.5. The summed E-state index contributed by atoms with van der Waals surface area (Å²) >= 11 is 0. The van der Waals surface area contributed by atoms with E-state index in [-0.39, 0.29) is 12.6 Å². The molecule has 1 aliphatic rings. The maximum Gasteiger partial charge on any atom is 0.321 e. The van der Waals surface area contributed by atoms with Crippen LogP contribution in [0, 0.1) is 0 Å². The molecule has 11 heteroatoms. The molecule has 1 aliphatic heterocycles. The standard InChI is InChI=1S/C18H24N8O3/c1-20-5-8-29-18-23-15(22-17(24-18)26-6-9-28-10-7-26)12-21-25-14-4-2-3-13(11-14)16(19)27/h2-4,11,20H,5-10,12H2,1H3,(H2,19,27). The lowest BCUT2D eigenvalue weighted by atomic mass is 10.2. The number of amides is 1. The van der Waals surface area contributed by atoms with Gasteiger partial charge >= 0.3 is 6.01 Å². The van der Waals surface area contributed by atoms with Gasteiger partial charge in [-0.25, -0.2) is 0 Å². The molecule has 0 aliphatic carbocycles. The van der Waals surface area contributed by atoms with Crippen molar-refractivity contribution in [2.75, 3.05) is 51.4 Å². The third kappa shape index (κ3) is 6.16. The highest BCUT2D eigenvalue weighted by Crippen LogP contribution is 2.17. The van der Waals surface area contributed by atoms with Crippen LogP contribution in [0.4, 0.5) is 11.6 Å². The Kier molecular flexibility index (Phi) is 7.36. The Hall–Kier alpha value is -3.18. The van der Waals surface area contributed by atoms with Crippen LogP contribution in [0.3, 0.4) is 0 Å². The Bertz CT molecular complexity index is 855. The van der Waals surface area contributed by atoms with E-state index >= 15 is 0 Å². The van der Waals surface area contributed by atoms with Gasteiger partial charge < -0.3 is 25.4 Å². The maximum atomic E-state index is 11.3. The van der Waals surface area contributed by atoms with E-state index in [0.717, 1.165) is 0 Å². The third-order valence-corrected chi connectivity index (χ3v) is 4.06. The molecule has 0 spiro atoms. The summed E-state index contributed by atoms with van der Waals surface area (Å²) in [5, 5.41) is 11.3. The number of rotatable bonds is 9. The van der Waals surface area contributed by atoms with E-state index < -0.39 is 5.91 Å². The zero-order chi connectivity index (χ0) is 20.5. The van der Waals surface area contributed by atoms with E-state index in [0.29, 0.717) is 62.5 Å². The fourth-order valence-corrected chi connectivity index (χ4v) is 2.57. The number of ether oxygens (including phenoxy) is 2. The van der Waals surface area contributed by atoms with Crippen LogP contribution in [-0.4, -0.2) is 67.4 Å². The van der Waals surface area contributed by atoms with Crippen molar-refractivity contribution in [3.05, 3.63) is 35.7 Å². The number of primary amides is 1. The Balaban J connectivity index is 1.74. The number of hydrogen-bond acceptors (Lipinski definition) is 10. The minimum atomic E-state index is -0.516. The number of nitrogens with one attached hydrogen (secondary N) is 1. The second-order valence-corrected chi connectivity index (χ2v) is 6.20. The van der Waals surface area contributed by atoms with Gasteiger partial charge in [-0.1, -0.05) is 6.07 Å². The first-order chi connectivity index (χ1) is 14.2. The highest BCUT2D eigenvalue weighted by molar-refractivity contribution is 5.93. The minimum Gasteiger partial charge on any atom is -0.462 e. The first kappa shape index (κ1) is 20.6. The summed E-state index contributed by atoms with van der Waals surface area (Å²) in [5.41, 5.74) is 6.18. The molecular weight excluding hydrogens is 376 g/mol. The quantitative estimate of drug-likeness (QED) is 0.463. The van der Waals surface area contributed by atoms with Crippen molar-refractivity contribution in [1.29, 1.82) is 0 Å². The lowest BCUT2D eigenvalue weighted by molar-refractivity contribution is 0.100. The van der Waals surface area contributed by atoms with Gasteiger partial charge in [-0.05, 0) is 25.2 Å². The lowest BCUT2D eigenvalue weighted by Gasteiger charge is -2.26. The Morgan fingerprint density at radius 2 is 2.14 bits per heavy atom. The molecule has 1 aromatic carbocycles. The molecular formula is C18H24N8O3. The second kappa shape index (κ2) is 10.4. The van der Waals surface area contributed by atoms with Crippen LogP contribution >= 0.6 is 0 Å². The summed E-state index contributed by atoms with van der Waals surface area (Å²) in [6, 6.07) is 6.87. The van der Waals surface area contributed by atoms with Gasteiger partial charge in [0.1, 0.15) is 13.2 Å². The Morgan fingerprint density at radius 3 is 2.90 bits per heavy atom. The number of likely N-dealkylation sites (N-methyl/N-ethyl adjacent to an activating group) is 1. The van der Waals surface area contributed by atoms with Crippen LogP contribution in [0.15, 0.2) is 34.5 Å². The predicted octanol–water partition coefficient (Wildman–Crippen LogP) is 0.689. The molecule has 154 valence electrons. The van der Waals surface area contributed by atoms with Crippen LogP contribution in [0.1, 0.15) is 16.2 Å². The number of carbonyl (C=O) groups is 1. The number of aromatic nitrogens is 3. The summed E-state index contributed by atoms with van der Waals surface area (Å²) in [7, 11) is 1.84. The Labute approximate surface area is 168 Å². The molecule has 0 radical (unpaired) electrons. The highest BCUT2D eigenvalue weighted by Gasteiger charge is 2.17. The maximum absolute atomic E-state index is 11.3. The summed E-state index contributed by atoms with van der Waals surface area (Å²) in [5.74, 6) is 0.456. The first-order valence-corrected chi connectivity index (χ1v) is 9.28. The molecule has 0 saturated carbocycles. The summed E-state index contributed by atoms with van der Waals surface area (Å²) < 4.78 is 11.0.